The zero-order chi connectivity index (χ0) is 14.2. The minimum Gasteiger partial charge on any atom is -0.325 e. The van der Waals surface area contributed by atoms with Crippen LogP contribution in [0.5, 0.6) is 0 Å². The van der Waals surface area contributed by atoms with Crippen LogP contribution in [0.2, 0.25) is 0 Å². The number of imidazole rings is 1. The van der Waals surface area contributed by atoms with E-state index in [1.54, 1.807) is 13.1 Å². The van der Waals surface area contributed by atoms with Crippen molar-refractivity contribution in [2.24, 2.45) is 7.05 Å². The number of fused-ring (bicyclic) bond motifs is 1. The van der Waals surface area contributed by atoms with Gasteiger partial charge in [-0.2, -0.15) is 0 Å². The van der Waals surface area contributed by atoms with E-state index in [0.29, 0.717) is 11.2 Å². The SMILES string of the molecule is CC(=O)CC(=O)Nc1cc2[nH]c(=O)n(C)c2cc1C. The Balaban J connectivity index is 2.39. The average molecular weight is 261 g/mol. The number of rotatable bonds is 3. The summed E-state index contributed by atoms with van der Waals surface area (Å²) in [6.45, 7) is 3.20. The fraction of sp³-hybridized carbons (Fsp3) is 0.308. The van der Waals surface area contributed by atoms with Crippen molar-refractivity contribution in [3.63, 3.8) is 0 Å². The van der Waals surface area contributed by atoms with Crippen molar-refractivity contribution in [1.82, 2.24) is 9.55 Å². The van der Waals surface area contributed by atoms with E-state index in [9.17, 15) is 14.4 Å². The Morgan fingerprint density at radius 1 is 1.37 bits per heavy atom. The molecule has 0 radical (unpaired) electrons. The number of carbonyl (C=O) groups is 2. The molecule has 0 spiro atoms. The number of ketones is 1. The minimum atomic E-state index is -0.353. The first-order chi connectivity index (χ1) is 8.88. The highest BCUT2D eigenvalue weighted by molar-refractivity contribution is 6.04. The van der Waals surface area contributed by atoms with Gasteiger partial charge in [-0.1, -0.05) is 0 Å². The van der Waals surface area contributed by atoms with Gasteiger partial charge < -0.3 is 10.3 Å². The molecule has 0 saturated heterocycles. The number of carbonyl (C=O) groups excluding carboxylic acids is 2. The molecule has 6 heteroatoms. The number of hydrogen-bond acceptors (Lipinski definition) is 3. The van der Waals surface area contributed by atoms with Crippen LogP contribution in [-0.2, 0) is 16.6 Å². The molecular weight excluding hydrogens is 246 g/mol. The molecule has 2 aromatic rings. The summed E-state index contributed by atoms with van der Waals surface area (Å²) in [6.07, 6.45) is -0.150. The number of nitrogens with zero attached hydrogens (tertiary/aromatic N) is 1. The zero-order valence-electron chi connectivity index (χ0n) is 11.0. The summed E-state index contributed by atoms with van der Waals surface area (Å²) in [4.78, 5) is 36.7. The van der Waals surface area contributed by atoms with Crippen LogP contribution in [-0.4, -0.2) is 21.2 Å². The Bertz CT molecular complexity index is 725. The summed E-state index contributed by atoms with van der Waals surface area (Å²) in [5.41, 5.74) is 2.64. The number of aromatic nitrogens is 2. The largest absolute Gasteiger partial charge is 0.326 e. The smallest absolute Gasteiger partial charge is 0.325 e. The predicted octanol–water partition coefficient (Wildman–Crippen LogP) is 1.09. The van der Waals surface area contributed by atoms with Gasteiger partial charge in [0.1, 0.15) is 5.78 Å². The normalized spacial score (nSPS) is 10.7. The molecule has 0 aliphatic heterocycles. The van der Waals surface area contributed by atoms with Gasteiger partial charge >= 0.3 is 5.69 Å². The number of Topliss-reactive ketones (excluding diaryl/α,β-unsaturated/α-hetero) is 1. The van der Waals surface area contributed by atoms with E-state index in [1.165, 1.54) is 11.5 Å². The summed E-state index contributed by atoms with van der Waals surface area (Å²) < 4.78 is 1.50. The first-order valence-electron chi connectivity index (χ1n) is 5.87. The summed E-state index contributed by atoms with van der Waals surface area (Å²) in [5, 5.41) is 2.67. The topological polar surface area (TPSA) is 84.0 Å². The van der Waals surface area contributed by atoms with Crippen LogP contribution >= 0.6 is 0 Å². The molecule has 0 fully saturated rings. The molecule has 1 aromatic heterocycles. The maximum atomic E-state index is 11.6. The number of hydrogen-bond donors (Lipinski definition) is 2. The highest BCUT2D eigenvalue weighted by atomic mass is 16.2. The second-order valence-electron chi connectivity index (χ2n) is 4.60. The molecule has 0 atom stereocenters. The molecule has 1 heterocycles. The Labute approximate surface area is 109 Å². The molecule has 2 N–H and O–H groups in total. The molecule has 1 amide bonds. The van der Waals surface area contributed by atoms with Gasteiger partial charge in [0.15, 0.2) is 0 Å². The van der Waals surface area contributed by atoms with E-state index < -0.39 is 0 Å². The van der Waals surface area contributed by atoms with Crippen LogP contribution in [0.3, 0.4) is 0 Å². The first kappa shape index (κ1) is 13.1. The Hall–Kier alpha value is -2.37. The van der Waals surface area contributed by atoms with E-state index >= 15 is 0 Å². The fourth-order valence-electron chi connectivity index (χ4n) is 1.93. The van der Waals surface area contributed by atoms with Gasteiger partial charge in [-0.05, 0) is 31.5 Å². The summed E-state index contributed by atoms with van der Waals surface area (Å²) in [6, 6.07) is 3.51. The molecular formula is C13H15N3O3. The second kappa shape index (κ2) is 4.72. The second-order valence-corrected chi connectivity index (χ2v) is 4.60. The van der Waals surface area contributed by atoms with Crippen molar-refractivity contribution < 1.29 is 9.59 Å². The van der Waals surface area contributed by atoms with Gasteiger partial charge in [0, 0.05) is 12.7 Å². The molecule has 0 aliphatic carbocycles. The lowest BCUT2D eigenvalue weighted by atomic mass is 10.1. The third kappa shape index (κ3) is 2.57. The van der Waals surface area contributed by atoms with Crippen molar-refractivity contribution in [3.05, 3.63) is 28.2 Å². The van der Waals surface area contributed by atoms with Gasteiger partial charge in [-0.3, -0.25) is 14.2 Å². The van der Waals surface area contributed by atoms with Crippen LogP contribution in [0.4, 0.5) is 5.69 Å². The van der Waals surface area contributed by atoms with Crippen LogP contribution in [0.1, 0.15) is 18.9 Å². The number of aromatic amines is 1. The molecule has 2 rings (SSSR count). The molecule has 0 unspecified atom stereocenters. The van der Waals surface area contributed by atoms with Gasteiger partial charge in [0.25, 0.3) is 0 Å². The quantitative estimate of drug-likeness (QED) is 0.811. The number of H-pyrrole nitrogens is 1. The van der Waals surface area contributed by atoms with Crippen LogP contribution in [0, 0.1) is 6.92 Å². The lowest BCUT2D eigenvalue weighted by Crippen LogP contribution is -2.15. The van der Waals surface area contributed by atoms with Crippen molar-refractivity contribution >= 4 is 28.4 Å². The minimum absolute atomic E-state index is 0.150. The zero-order valence-corrected chi connectivity index (χ0v) is 11.0. The molecule has 0 bridgehead atoms. The molecule has 100 valence electrons. The molecule has 1 aromatic carbocycles. The van der Waals surface area contributed by atoms with Crippen LogP contribution in [0.15, 0.2) is 16.9 Å². The molecule has 6 nitrogen and oxygen atoms in total. The lowest BCUT2D eigenvalue weighted by molar-refractivity contribution is -0.124. The Morgan fingerprint density at radius 2 is 2.05 bits per heavy atom. The predicted molar refractivity (Wildman–Crippen MR) is 72.2 cm³/mol. The van der Waals surface area contributed by atoms with Crippen molar-refractivity contribution in [1.29, 1.82) is 0 Å². The third-order valence-corrected chi connectivity index (χ3v) is 2.93. The van der Waals surface area contributed by atoms with Crippen LogP contribution < -0.4 is 11.0 Å². The number of nitrogens with one attached hydrogen (secondary N) is 2. The van der Waals surface area contributed by atoms with Gasteiger partial charge in [0.05, 0.1) is 17.5 Å². The average Bonchev–Trinajstić information content (AvgIpc) is 2.55. The third-order valence-electron chi connectivity index (χ3n) is 2.93. The van der Waals surface area contributed by atoms with E-state index in [4.69, 9.17) is 0 Å². The van der Waals surface area contributed by atoms with Gasteiger partial charge in [-0.15, -0.1) is 0 Å². The van der Waals surface area contributed by atoms with Crippen molar-refractivity contribution in [2.45, 2.75) is 20.3 Å². The summed E-state index contributed by atoms with van der Waals surface area (Å²) in [7, 11) is 1.68. The standard InChI is InChI=1S/C13H15N3O3/c1-7-4-11-10(15-13(19)16(11)3)6-9(7)14-12(18)5-8(2)17/h4,6H,5H2,1-3H3,(H,14,18)(H,15,19). The first-order valence-corrected chi connectivity index (χ1v) is 5.87. The molecule has 19 heavy (non-hydrogen) atoms. The maximum absolute atomic E-state index is 11.6. The maximum Gasteiger partial charge on any atom is 0.326 e. The van der Waals surface area contributed by atoms with E-state index in [0.717, 1.165) is 11.1 Å². The Morgan fingerprint density at radius 3 is 2.68 bits per heavy atom. The highest BCUT2D eigenvalue weighted by Crippen LogP contribution is 2.21. The highest BCUT2D eigenvalue weighted by Gasteiger charge is 2.10. The Kier molecular flexibility index (Phi) is 3.25. The lowest BCUT2D eigenvalue weighted by Gasteiger charge is -2.08. The van der Waals surface area contributed by atoms with Crippen molar-refractivity contribution in [3.8, 4) is 0 Å². The number of amides is 1. The fourth-order valence-corrected chi connectivity index (χ4v) is 1.93. The monoisotopic (exact) mass is 261 g/mol. The van der Waals surface area contributed by atoms with E-state index in [-0.39, 0.29) is 23.8 Å². The van der Waals surface area contributed by atoms with Crippen LogP contribution in [0.25, 0.3) is 11.0 Å². The molecule has 0 saturated carbocycles. The summed E-state index contributed by atoms with van der Waals surface area (Å²) in [5.74, 6) is -0.544. The van der Waals surface area contributed by atoms with Crippen molar-refractivity contribution in [2.75, 3.05) is 5.32 Å². The number of aryl methyl sites for hydroxylation is 2. The van der Waals surface area contributed by atoms with E-state index in [2.05, 4.69) is 10.3 Å². The number of benzene rings is 1. The number of anilines is 1. The van der Waals surface area contributed by atoms with Gasteiger partial charge in [-0.25, -0.2) is 4.79 Å². The van der Waals surface area contributed by atoms with Gasteiger partial charge in [0.2, 0.25) is 5.91 Å². The summed E-state index contributed by atoms with van der Waals surface area (Å²) >= 11 is 0. The van der Waals surface area contributed by atoms with E-state index in [1.807, 2.05) is 13.0 Å². The molecule has 0 aliphatic rings.